The van der Waals surface area contributed by atoms with Crippen LogP contribution < -0.4 is 26.7 Å². The number of fused-ring (bicyclic) bond motifs is 1. The minimum absolute atomic E-state index is 0.0536. The van der Waals surface area contributed by atoms with Crippen molar-refractivity contribution in [3.8, 4) is 6.01 Å². The Bertz CT molecular complexity index is 1150. The summed E-state index contributed by atoms with van der Waals surface area (Å²) in [6.07, 6.45) is 2.52. The van der Waals surface area contributed by atoms with Crippen LogP contribution in [-0.2, 0) is 6.80 Å². The second kappa shape index (κ2) is 8.82. The molecule has 0 aliphatic heterocycles. The number of hydrogen-bond donors (Lipinski definition) is 3. The summed E-state index contributed by atoms with van der Waals surface area (Å²) in [4.78, 5) is 32.7. The fourth-order valence-electron chi connectivity index (χ4n) is 2.76. The number of rotatable bonds is 7. The summed E-state index contributed by atoms with van der Waals surface area (Å²) in [5, 5.41) is 6.16. The van der Waals surface area contributed by atoms with Gasteiger partial charge in [0.25, 0.3) is 11.5 Å². The van der Waals surface area contributed by atoms with Crippen LogP contribution in [-0.4, -0.2) is 40.1 Å². The molecule has 2 heterocycles. The summed E-state index contributed by atoms with van der Waals surface area (Å²) in [6, 6.07) is 3.96. The molecule has 11 heteroatoms. The average molecular weight is 418 g/mol. The Hall–Kier alpha value is -3.60. The minimum Gasteiger partial charge on any atom is -0.467 e. The highest BCUT2D eigenvalue weighted by molar-refractivity contribution is 6.13. The number of methoxy groups -OCH3 is 1. The number of ether oxygens (including phenoxy) is 1. The summed E-state index contributed by atoms with van der Waals surface area (Å²) in [6.45, 7) is 1.09. The van der Waals surface area contributed by atoms with Crippen LogP contribution in [0.2, 0.25) is 0 Å². The van der Waals surface area contributed by atoms with Crippen LogP contribution in [0.25, 0.3) is 10.9 Å². The highest BCUT2D eigenvalue weighted by Crippen LogP contribution is 2.27. The van der Waals surface area contributed by atoms with Gasteiger partial charge in [0.2, 0.25) is 0 Å². The lowest BCUT2D eigenvalue weighted by molar-refractivity contribution is 0.102. The molecule has 3 aromatic rings. The molecule has 1 atom stereocenters. The molecule has 0 aliphatic carbocycles. The van der Waals surface area contributed by atoms with E-state index >= 15 is 0 Å². The number of benzene rings is 1. The normalized spacial score (nSPS) is 11.9. The first-order valence-electron chi connectivity index (χ1n) is 8.94. The zero-order valence-corrected chi connectivity index (χ0v) is 16.3. The van der Waals surface area contributed by atoms with E-state index in [0.717, 1.165) is 12.3 Å². The number of amides is 1. The molecule has 0 aliphatic rings. The SMILES string of the molecule is COc1ncc2c(NC[C@@H](C)N)ccc(C(=O)Nc3cc(F)c(=O)n(CF)c3)c2n1. The van der Waals surface area contributed by atoms with Crippen molar-refractivity contribution in [2.75, 3.05) is 24.3 Å². The number of nitrogens with two attached hydrogens (primary N) is 1. The Balaban J connectivity index is 2.02. The number of anilines is 2. The van der Waals surface area contributed by atoms with Gasteiger partial charge in [0.1, 0.15) is 0 Å². The third-order valence-electron chi connectivity index (χ3n) is 4.20. The van der Waals surface area contributed by atoms with Crippen LogP contribution in [0.3, 0.4) is 0 Å². The van der Waals surface area contributed by atoms with Gasteiger partial charge >= 0.3 is 6.01 Å². The fraction of sp³-hybridized carbons (Fsp3) is 0.263. The van der Waals surface area contributed by atoms with Gasteiger partial charge in [-0.3, -0.25) is 14.2 Å². The smallest absolute Gasteiger partial charge is 0.316 e. The zero-order chi connectivity index (χ0) is 21.8. The quantitative estimate of drug-likeness (QED) is 0.535. The van der Waals surface area contributed by atoms with Crippen molar-refractivity contribution in [3.63, 3.8) is 0 Å². The second-order valence-corrected chi connectivity index (χ2v) is 6.56. The van der Waals surface area contributed by atoms with E-state index in [1.54, 1.807) is 6.07 Å². The summed E-state index contributed by atoms with van der Waals surface area (Å²) < 4.78 is 32.2. The number of carbonyl (C=O) groups excluding carboxylic acids is 1. The number of pyridine rings is 1. The number of hydrogen-bond acceptors (Lipinski definition) is 7. The van der Waals surface area contributed by atoms with Crippen molar-refractivity contribution in [1.82, 2.24) is 14.5 Å². The Labute approximate surface area is 169 Å². The number of nitrogens with zero attached hydrogens (tertiary/aromatic N) is 3. The van der Waals surface area contributed by atoms with Gasteiger partial charge in [-0.15, -0.1) is 0 Å². The van der Waals surface area contributed by atoms with Crippen LogP contribution in [0.5, 0.6) is 6.01 Å². The van der Waals surface area contributed by atoms with Crippen LogP contribution in [0.4, 0.5) is 20.2 Å². The molecule has 1 aromatic carbocycles. The van der Waals surface area contributed by atoms with E-state index < -0.39 is 24.1 Å². The van der Waals surface area contributed by atoms with Crippen LogP contribution in [0, 0.1) is 5.82 Å². The number of carbonyl (C=O) groups is 1. The lowest BCUT2D eigenvalue weighted by Gasteiger charge is -2.14. The van der Waals surface area contributed by atoms with Gasteiger partial charge in [0, 0.05) is 42.1 Å². The maximum Gasteiger partial charge on any atom is 0.316 e. The van der Waals surface area contributed by atoms with E-state index in [2.05, 4.69) is 20.6 Å². The van der Waals surface area contributed by atoms with Crippen LogP contribution >= 0.6 is 0 Å². The Kier molecular flexibility index (Phi) is 6.21. The van der Waals surface area contributed by atoms with Crippen molar-refractivity contribution in [2.45, 2.75) is 19.8 Å². The molecule has 2 aromatic heterocycles. The molecule has 4 N–H and O–H groups in total. The van der Waals surface area contributed by atoms with E-state index in [4.69, 9.17) is 10.5 Å². The predicted octanol–water partition coefficient (Wildman–Crippen LogP) is 1.88. The first kappa shape index (κ1) is 21.1. The molecule has 0 unspecified atom stereocenters. The number of nitrogens with one attached hydrogen (secondary N) is 2. The van der Waals surface area contributed by atoms with Crippen molar-refractivity contribution < 1.29 is 18.3 Å². The number of aromatic nitrogens is 3. The first-order chi connectivity index (χ1) is 14.3. The van der Waals surface area contributed by atoms with Gasteiger partial charge in [-0.25, -0.2) is 13.8 Å². The molecule has 0 saturated heterocycles. The van der Waals surface area contributed by atoms with Gasteiger partial charge in [0.05, 0.1) is 23.9 Å². The molecule has 1 amide bonds. The van der Waals surface area contributed by atoms with Gasteiger partial charge in [-0.1, -0.05) is 0 Å². The summed E-state index contributed by atoms with van der Waals surface area (Å²) in [7, 11) is 1.39. The van der Waals surface area contributed by atoms with E-state index in [1.165, 1.54) is 19.4 Å². The van der Waals surface area contributed by atoms with Gasteiger partial charge < -0.3 is 21.1 Å². The third-order valence-corrected chi connectivity index (χ3v) is 4.20. The summed E-state index contributed by atoms with van der Waals surface area (Å²) in [5.41, 5.74) is 5.68. The Morgan fingerprint density at radius 2 is 2.17 bits per heavy atom. The molecule has 9 nitrogen and oxygen atoms in total. The lowest BCUT2D eigenvalue weighted by atomic mass is 10.1. The molecular formula is C19H20F2N6O3. The summed E-state index contributed by atoms with van der Waals surface area (Å²) in [5.74, 6) is -1.82. The molecule has 0 fully saturated rings. The molecule has 0 radical (unpaired) electrons. The van der Waals surface area contributed by atoms with Gasteiger partial charge in [-0.05, 0) is 19.1 Å². The van der Waals surface area contributed by atoms with Crippen LogP contribution in [0.15, 0.2) is 35.4 Å². The van der Waals surface area contributed by atoms with Gasteiger partial charge in [-0.2, -0.15) is 4.98 Å². The highest BCUT2D eigenvalue weighted by atomic mass is 19.1. The first-order valence-corrected chi connectivity index (χ1v) is 8.94. The summed E-state index contributed by atoms with van der Waals surface area (Å²) >= 11 is 0. The maximum atomic E-state index is 13.7. The van der Waals surface area contributed by atoms with Crippen molar-refractivity contribution >= 4 is 28.2 Å². The Morgan fingerprint density at radius 1 is 1.40 bits per heavy atom. The van der Waals surface area contributed by atoms with E-state index in [1.807, 2.05) is 6.92 Å². The molecule has 0 bridgehead atoms. The molecule has 0 spiro atoms. The largest absolute Gasteiger partial charge is 0.467 e. The zero-order valence-electron chi connectivity index (χ0n) is 16.3. The third kappa shape index (κ3) is 4.35. The predicted molar refractivity (Wildman–Crippen MR) is 108 cm³/mol. The topological polar surface area (TPSA) is 124 Å². The molecule has 158 valence electrons. The molecule has 3 rings (SSSR count). The second-order valence-electron chi connectivity index (χ2n) is 6.56. The van der Waals surface area contributed by atoms with E-state index in [0.29, 0.717) is 22.2 Å². The van der Waals surface area contributed by atoms with Crippen molar-refractivity contribution in [2.24, 2.45) is 5.73 Å². The van der Waals surface area contributed by atoms with Crippen molar-refractivity contribution in [1.29, 1.82) is 0 Å². The lowest BCUT2D eigenvalue weighted by Crippen LogP contribution is -2.25. The minimum atomic E-state index is -1.23. The van der Waals surface area contributed by atoms with Crippen LogP contribution in [0.1, 0.15) is 17.3 Å². The molecule has 30 heavy (non-hydrogen) atoms. The highest BCUT2D eigenvalue weighted by Gasteiger charge is 2.17. The standard InChI is InChI=1S/C19H20F2N6O3/c1-10(22)6-23-15-4-3-12(16-13(15)7-24-19(26-16)30-2)17(28)25-11-5-14(21)18(29)27(8-11)9-20/h3-5,7-8,10,23H,6,9,22H2,1-2H3,(H,25,28)/t10-/m1/s1. The fourth-order valence-corrected chi connectivity index (χ4v) is 2.76. The Morgan fingerprint density at radius 3 is 2.83 bits per heavy atom. The van der Waals surface area contributed by atoms with E-state index in [-0.39, 0.29) is 28.8 Å². The number of halogens is 2. The average Bonchev–Trinajstić information content (AvgIpc) is 2.73. The van der Waals surface area contributed by atoms with Gasteiger partial charge in [0.15, 0.2) is 12.6 Å². The molecule has 0 saturated carbocycles. The number of alkyl halides is 1. The monoisotopic (exact) mass is 418 g/mol. The maximum absolute atomic E-state index is 13.7. The van der Waals surface area contributed by atoms with Crippen molar-refractivity contribution in [3.05, 3.63) is 52.3 Å². The molecular weight excluding hydrogens is 398 g/mol. The van der Waals surface area contributed by atoms with E-state index in [9.17, 15) is 18.4 Å².